The number of Topliss-reactive ketones (excluding diaryl/α,β-unsaturated/α-hetero) is 1. The smallest absolute Gasteiger partial charge is 0.163 e. The van der Waals surface area contributed by atoms with E-state index in [9.17, 15) is 4.79 Å². The van der Waals surface area contributed by atoms with Gasteiger partial charge in [0.1, 0.15) is 0 Å². The van der Waals surface area contributed by atoms with E-state index in [0.717, 1.165) is 31.3 Å². The second-order valence-corrected chi connectivity index (χ2v) is 7.92. The summed E-state index contributed by atoms with van der Waals surface area (Å²) in [5, 5.41) is 0. The van der Waals surface area contributed by atoms with Gasteiger partial charge in [0.05, 0.1) is 0 Å². The monoisotopic (exact) mass is 270 g/mol. The molecule has 0 amide bonds. The van der Waals surface area contributed by atoms with Crippen molar-refractivity contribution in [3.05, 3.63) is 34.4 Å². The molecule has 20 heavy (non-hydrogen) atoms. The predicted octanol–water partition coefficient (Wildman–Crippen LogP) is 4.99. The minimum atomic E-state index is 0.0633. The van der Waals surface area contributed by atoms with Gasteiger partial charge in [0.2, 0.25) is 0 Å². The van der Waals surface area contributed by atoms with Crippen molar-refractivity contribution in [2.75, 3.05) is 0 Å². The van der Waals surface area contributed by atoms with E-state index in [1.807, 2.05) is 0 Å². The van der Waals surface area contributed by atoms with Crippen molar-refractivity contribution in [2.45, 2.75) is 60.3 Å². The molecule has 0 aromatic heterocycles. The quantitative estimate of drug-likeness (QED) is 0.566. The van der Waals surface area contributed by atoms with Gasteiger partial charge in [-0.05, 0) is 50.5 Å². The van der Waals surface area contributed by atoms with Crippen LogP contribution in [0.4, 0.5) is 0 Å². The average molecular weight is 270 g/mol. The van der Waals surface area contributed by atoms with Crippen LogP contribution < -0.4 is 0 Å². The standard InChI is InChI=1S/C19H26O/c1-12-10-16-17(20)14-8-6-7-9-15(14)19(16,11-13(12)2)18(3,4)5/h6-7,16H,8-11H2,1-5H3. The Morgan fingerprint density at radius 3 is 2.40 bits per heavy atom. The summed E-state index contributed by atoms with van der Waals surface area (Å²) >= 11 is 0. The van der Waals surface area contributed by atoms with Gasteiger partial charge in [-0.15, -0.1) is 0 Å². The zero-order valence-corrected chi connectivity index (χ0v) is 13.5. The molecule has 0 heterocycles. The maximum Gasteiger partial charge on any atom is 0.163 e. The highest BCUT2D eigenvalue weighted by Gasteiger charge is 2.59. The Labute approximate surface area is 122 Å². The van der Waals surface area contributed by atoms with Crippen LogP contribution in [0.3, 0.4) is 0 Å². The van der Waals surface area contributed by atoms with E-state index in [1.54, 1.807) is 0 Å². The zero-order valence-electron chi connectivity index (χ0n) is 13.5. The number of carbonyl (C=O) groups excluding carboxylic acids is 1. The Morgan fingerprint density at radius 2 is 1.75 bits per heavy atom. The minimum Gasteiger partial charge on any atom is -0.294 e. The summed E-state index contributed by atoms with van der Waals surface area (Å²) in [6.45, 7) is 11.5. The average Bonchev–Trinajstić information content (AvgIpc) is 2.62. The molecule has 3 aliphatic rings. The Balaban J connectivity index is 2.21. The highest BCUT2D eigenvalue weighted by molar-refractivity contribution is 6.03. The molecule has 0 spiro atoms. The van der Waals surface area contributed by atoms with Crippen molar-refractivity contribution >= 4 is 5.78 Å². The number of fused-ring (bicyclic) bond motifs is 2. The molecule has 0 saturated heterocycles. The third-order valence-corrected chi connectivity index (χ3v) is 6.04. The lowest BCUT2D eigenvalue weighted by Gasteiger charge is -2.51. The van der Waals surface area contributed by atoms with Crippen LogP contribution in [0.25, 0.3) is 0 Å². The molecule has 0 saturated carbocycles. The first-order chi connectivity index (χ1) is 9.29. The fraction of sp³-hybridized carbons (Fsp3) is 0.632. The van der Waals surface area contributed by atoms with Gasteiger partial charge in [0.15, 0.2) is 5.78 Å². The molecule has 2 unspecified atom stereocenters. The molecule has 0 fully saturated rings. The topological polar surface area (TPSA) is 17.1 Å². The summed E-state index contributed by atoms with van der Waals surface area (Å²) < 4.78 is 0. The van der Waals surface area contributed by atoms with E-state index in [-0.39, 0.29) is 16.7 Å². The number of hydrogen-bond acceptors (Lipinski definition) is 1. The maximum atomic E-state index is 13.0. The Morgan fingerprint density at radius 1 is 1.10 bits per heavy atom. The number of hydrogen-bond donors (Lipinski definition) is 0. The summed E-state index contributed by atoms with van der Waals surface area (Å²) in [6, 6.07) is 0. The Hall–Kier alpha value is -1.11. The van der Waals surface area contributed by atoms with Crippen molar-refractivity contribution in [1.82, 2.24) is 0 Å². The van der Waals surface area contributed by atoms with Crippen molar-refractivity contribution in [3.8, 4) is 0 Å². The third-order valence-electron chi connectivity index (χ3n) is 6.04. The molecule has 1 nitrogen and oxygen atoms in total. The first-order valence-electron chi connectivity index (χ1n) is 7.86. The lowest BCUT2D eigenvalue weighted by atomic mass is 9.52. The van der Waals surface area contributed by atoms with Crippen LogP contribution in [0.1, 0.15) is 60.3 Å². The van der Waals surface area contributed by atoms with Crippen molar-refractivity contribution < 1.29 is 4.79 Å². The van der Waals surface area contributed by atoms with Gasteiger partial charge < -0.3 is 0 Å². The van der Waals surface area contributed by atoms with E-state index in [1.165, 1.54) is 16.7 Å². The van der Waals surface area contributed by atoms with Crippen LogP contribution in [0.5, 0.6) is 0 Å². The number of ketones is 1. The molecule has 2 atom stereocenters. The van der Waals surface area contributed by atoms with Crippen LogP contribution in [-0.2, 0) is 4.79 Å². The summed E-state index contributed by atoms with van der Waals surface area (Å²) in [5.74, 6) is 0.641. The SMILES string of the molecule is CC1=C(C)CC2(C(C)(C)C)C3=C(CC=CC3)C(=O)C2C1. The molecule has 1 heteroatoms. The molecule has 0 N–H and O–H groups in total. The summed E-state index contributed by atoms with van der Waals surface area (Å²) in [5.41, 5.74) is 5.76. The van der Waals surface area contributed by atoms with Crippen LogP contribution >= 0.6 is 0 Å². The second kappa shape index (κ2) is 4.19. The van der Waals surface area contributed by atoms with Crippen molar-refractivity contribution in [3.63, 3.8) is 0 Å². The zero-order chi connectivity index (χ0) is 14.7. The number of rotatable bonds is 0. The molecule has 0 aromatic rings. The normalized spacial score (nSPS) is 33.6. The highest BCUT2D eigenvalue weighted by atomic mass is 16.1. The Bertz CT molecular complexity index is 565. The molecule has 3 aliphatic carbocycles. The second-order valence-electron chi connectivity index (χ2n) is 7.92. The third kappa shape index (κ3) is 1.58. The number of carbonyl (C=O) groups is 1. The maximum absolute atomic E-state index is 13.0. The lowest BCUT2D eigenvalue weighted by Crippen LogP contribution is -2.45. The summed E-state index contributed by atoms with van der Waals surface area (Å²) in [4.78, 5) is 13.0. The van der Waals surface area contributed by atoms with Crippen LogP contribution in [0.2, 0.25) is 0 Å². The van der Waals surface area contributed by atoms with E-state index in [4.69, 9.17) is 0 Å². The predicted molar refractivity (Wildman–Crippen MR) is 83.4 cm³/mol. The van der Waals surface area contributed by atoms with Gasteiger partial charge in [0, 0.05) is 11.3 Å². The van der Waals surface area contributed by atoms with Crippen molar-refractivity contribution in [1.29, 1.82) is 0 Å². The molecular formula is C19H26O. The molecule has 0 bridgehead atoms. The van der Waals surface area contributed by atoms with Gasteiger partial charge >= 0.3 is 0 Å². The molecule has 3 rings (SSSR count). The largest absolute Gasteiger partial charge is 0.294 e. The van der Waals surface area contributed by atoms with E-state index < -0.39 is 0 Å². The highest BCUT2D eigenvalue weighted by Crippen LogP contribution is 2.64. The number of allylic oxidation sites excluding steroid dienone is 6. The van der Waals surface area contributed by atoms with Gasteiger partial charge in [-0.3, -0.25) is 4.79 Å². The van der Waals surface area contributed by atoms with Crippen LogP contribution in [0, 0.1) is 16.7 Å². The summed E-state index contributed by atoms with van der Waals surface area (Å²) in [7, 11) is 0. The fourth-order valence-electron chi connectivity index (χ4n) is 4.78. The van der Waals surface area contributed by atoms with Gasteiger partial charge in [-0.1, -0.05) is 49.6 Å². The van der Waals surface area contributed by atoms with Crippen molar-refractivity contribution in [2.24, 2.45) is 16.7 Å². The molecular weight excluding hydrogens is 244 g/mol. The van der Waals surface area contributed by atoms with E-state index in [0.29, 0.717) is 5.78 Å². The fourth-order valence-corrected chi connectivity index (χ4v) is 4.78. The van der Waals surface area contributed by atoms with Crippen LogP contribution in [0.15, 0.2) is 34.4 Å². The first kappa shape index (κ1) is 13.9. The van der Waals surface area contributed by atoms with Gasteiger partial charge in [-0.2, -0.15) is 0 Å². The first-order valence-corrected chi connectivity index (χ1v) is 7.86. The minimum absolute atomic E-state index is 0.0633. The van der Waals surface area contributed by atoms with Crippen LogP contribution in [-0.4, -0.2) is 5.78 Å². The molecule has 0 aromatic carbocycles. The summed E-state index contributed by atoms with van der Waals surface area (Å²) in [6.07, 6.45) is 8.34. The van der Waals surface area contributed by atoms with Gasteiger partial charge in [-0.25, -0.2) is 0 Å². The van der Waals surface area contributed by atoms with E-state index in [2.05, 4.69) is 46.8 Å². The Kier molecular flexibility index (Phi) is 2.90. The van der Waals surface area contributed by atoms with Gasteiger partial charge in [0.25, 0.3) is 0 Å². The molecule has 0 radical (unpaired) electrons. The van der Waals surface area contributed by atoms with E-state index >= 15 is 0 Å². The molecule has 0 aliphatic heterocycles. The lowest BCUT2D eigenvalue weighted by molar-refractivity contribution is -0.123. The molecule has 108 valence electrons.